The summed E-state index contributed by atoms with van der Waals surface area (Å²) in [4.78, 5) is 28.8. The first-order valence-electron chi connectivity index (χ1n) is 8.75. The van der Waals surface area contributed by atoms with Crippen molar-refractivity contribution in [1.82, 2.24) is 9.80 Å². The Bertz CT molecular complexity index is 364. The van der Waals surface area contributed by atoms with Crippen LogP contribution in [0.5, 0.6) is 0 Å². The SMILES string of the molecule is CCCCN1CC(C(=O)N(CC)C2CCCCC2)CC1=O. The summed E-state index contributed by atoms with van der Waals surface area (Å²) in [5.41, 5.74) is 0. The second kappa shape index (κ2) is 7.81. The van der Waals surface area contributed by atoms with E-state index in [1.807, 2.05) is 4.90 Å². The Morgan fingerprint density at radius 2 is 1.95 bits per heavy atom. The minimum atomic E-state index is -0.101. The van der Waals surface area contributed by atoms with Crippen molar-refractivity contribution in [3.05, 3.63) is 0 Å². The Balaban J connectivity index is 1.93. The van der Waals surface area contributed by atoms with Gasteiger partial charge < -0.3 is 9.80 Å². The van der Waals surface area contributed by atoms with Gasteiger partial charge >= 0.3 is 0 Å². The number of unbranched alkanes of at least 4 members (excludes halogenated alkanes) is 1. The van der Waals surface area contributed by atoms with Crippen molar-refractivity contribution in [2.75, 3.05) is 19.6 Å². The summed E-state index contributed by atoms with van der Waals surface area (Å²) in [7, 11) is 0. The van der Waals surface area contributed by atoms with Gasteiger partial charge in [0.25, 0.3) is 0 Å². The molecule has 1 saturated heterocycles. The average Bonchev–Trinajstić information content (AvgIpc) is 2.88. The fraction of sp³-hybridized carbons (Fsp3) is 0.882. The van der Waals surface area contributed by atoms with Crippen LogP contribution in [0.4, 0.5) is 0 Å². The molecule has 1 aliphatic carbocycles. The summed E-state index contributed by atoms with van der Waals surface area (Å²) >= 11 is 0. The number of carbonyl (C=O) groups is 2. The van der Waals surface area contributed by atoms with E-state index >= 15 is 0 Å². The van der Waals surface area contributed by atoms with Gasteiger partial charge in [0.15, 0.2) is 0 Å². The van der Waals surface area contributed by atoms with E-state index in [-0.39, 0.29) is 17.7 Å². The van der Waals surface area contributed by atoms with Crippen molar-refractivity contribution >= 4 is 11.8 Å². The highest BCUT2D eigenvalue weighted by Crippen LogP contribution is 2.27. The second-order valence-corrected chi connectivity index (χ2v) is 6.51. The summed E-state index contributed by atoms with van der Waals surface area (Å²) in [6, 6.07) is 0.413. The first kappa shape index (κ1) is 16.3. The molecule has 1 atom stereocenters. The molecule has 21 heavy (non-hydrogen) atoms. The Morgan fingerprint density at radius 1 is 1.24 bits per heavy atom. The maximum Gasteiger partial charge on any atom is 0.228 e. The lowest BCUT2D eigenvalue weighted by atomic mass is 9.93. The van der Waals surface area contributed by atoms with Crippen LogP contribution in [0.3, 0.4) is 0 Å². The second-order valence-electron chi connectivity index (χ2n) is 6.51. The van der Waals surface area contributed by atoms with Gasteiger partial charge in [-0.2, -0.15) is 0 Å². The average molecular weight is 294 g/mol. The molecule has 4 nitrogen and oxygen atoms in total. The molecule has 1 heterocycles. The highest BCUT2D eigenvalue weighted by molar-refractivity contribution is 5.89. The number of rotatable bonds is 6. The molecular formula is C17H30N2O2. The van der Waals surface area contributed by atoms with Crippen LogP contribution in [0.15, 0.2) is 0 Å². The number of carbonyl (C=O) groups excluding carboxylic acids is 2. The first-order valence-corrected chi connectivity index (χ1v) is 8.75. The van der Waals surface area contributed by atoms with Gasteiger partial charge in [0.2, 0.25) is 11.8 Å². The van der Waals surface area contributed by atoms with Crippen molar-refractivity contribution in [3.8, 4) is 0 Å². The molecule has 0 N–H and O–H groups in total. The molecule has 120 valence electrons. The third kappa shape index (κ3) is 3.98. The number of nitrogens with zero attached hydrogens (tertiary/aromatic N) is 2. The van der Waals surface area contributed by atoms with Crippen molar-refractivity contribution < 1.29 is 9.59 Å². The van der Waals surface area contributed by atoms with Crippen LogP contribution in [0.2, 0.25) is 0 Å². The van der Waals surface area contributed by atoms with Crippen LogP contribution in [0.25, 0.3) is 0 Å². The summed E-state index contributed by atoms with van der Waals surface area (Å²) in [5.74, 6) is 0.287. The number of amides is 2. The zero-order valence-electron chi connectivity index (χ0n) is 13.6. The highest BCUT2D eigenvalue weighted by atomic mass is 16.2. The molecule has 0 spiro atoms. The maximum atomic E-state index is 12.8. The van der Waals surface area contributed by atoms with Crippen LogP contribution in [0.1, 0.15) is 65.2 Å². The molecule has 0 radical (unpaired) electrons. The molecule has 2 aliphatic rings. The van der Waals surface area contributed by atoms with Crippen molar-refractivity contribution in [2.45, 2.75) is 71.3 Å². The molecule has 0 bridgehead atoms. The van der Waals surface area contributed by atoms with E-state index in [2.05, 4.69) is 18.7 Å². The van der Waals surface area contributed by atoms with Gasteiger partial charge in [-0.15, -0.1) is 0 Å². The van der Waals surface area contributed by atoms with Gasteiger partial charge in [-0.3, -0.25) is 9.59 Å². The molecule has 4 heteroatoms. The van der Waals surface area contributed by atoms with Crippen LogP contribution in [-0.4, -0.2) is 47.3 Å². The monoisotopic (exact) mass is 294 g/mol. The first-order chi connectivity index (χ1) is 10.2. The Hall–Kier alpha value is -1.06. The topological polar surface area (TPSA) is 40.6 Å². The van der Waals surface area contributed by atoms with E-state index in [1.165, 1.54) is 19.3 Å². The molecular weight excluding hydrogens is 264 g/mol. The molecule has 1 saturated carbocycles. The molecule has 0 aromatic carbocycles. The molecule has 1 aliphatic heterocycles. The molecule has 0 aromatic rings. The van der Waals surface area contributed by atoms with Gasteiger partial charge in [-0.1, -0.05) is 32.6 Å². The quantitative estimate of drug-likeness (QED) is 0.756. The number of hydrogen-bond acceptors (Lipinski definition) is 2. The van der Waals surface area contributed by atoms with E-state index in [9.17, 15) is 9.59 Å². The zero-order chi connectivity index (χ0) is 15.2. The normalized spacial score (nSPS) is 23.6. The number of hydrogen-bond donors (Lipinski definition) is 0. The Labute approximate surface area is 128 Å². The largest absolute Gasteiger partial charge is 0.342 e. The summed E-state index contributed by atoms with van der Waals surface area (Å²) < 4.78 is 0. The lowest BCUT2D eigenvalue weighted by molar-refractivity contribution is -0.138. The van der Waals surface area contributed by atoms with Crippen LogP contribution in [0, 0.1) is 5.92 Å². The van der Waals surface area contributed by atoms with Crippen LogP contribution in [-0.2, 0) is 9.59 Å². The molecule has 1 unspecified atom stereocenters. The van der Waals surface area contributed by atoms with Gasteiger partial charge in [0, 0.05) is 32.1 Å². The standard InChI is InChI=1S/C17H30N2O2/c1-3-5-11-18-13-14(12-16(18)20)17(21)19(4-2)15-9-7-6-8-10-15/h14-15H,3-13H2,1-2H3. The molecule has 2 rings (SSSR count). The van der Waals surface area contributed by atoms with Crippen molar-refractivity contribution in [1.29, 1.82) is 0 Å². The van der Waals surface area contributed by atoms with Crippen LogP contribution >= 0.6 is 0 Å². The highest BCUT2D eigenvalue weighted by Gasteiger charge is 2.37. The zero-order valence-corrected chi connectivity index (χ0v) is 13.6. The maximum absolute atomic E-state index is 12.8. The Morgan fingerprint density at radius 3 is 2.57 bits per heavy atom. The minimum Gasteiger partial charge on any atom is -0.342 e. The fourth-order valence-electron chi connectivity index (χ4n) is 3.72. The molecule has 2 amide bonds. The van der Waals surface area contributed by atoms with Crippen molar-refractivity contribution in [3.63, 3.8) is 0 Å². The fourth-order valence-corrected chi connectivity index (χ4v) is 3.72. The van der Waals surface area contributed by atoms with E-state index in [0.29, 0.717) is 19.0 Å². The summed E-state index contributed by atoms with van der Waals surface area (Å²) in [6.07, 6.45) is 8.60. The number of likely N-dealkylation sites (tertiary alicyclic amines) is 1. The minimum absolute atomic E-state index is 0.101. The predicted molar refractivity (Wildman–Crippen MR) is 83.9 cm³/mol. The summed E-state index contributed by atoms with van der Waals surface area (Å²) in [6.45, 7) is 6.43. The smallest absolute Gasteiger partial charge is 0.228 e. The lowest BCUT2D eigenvalue weighted by Crippen LogP contribution is -2.45. The Kier molecular flexibility index (Phi) is 6.07. The van der Waals surface area contributed by atoms with Crippen LogP contribution < -0.4 is 0 Å². The summed E-state index contributed by atoms with van der Waals surface area (Å²) in [5, 5.41) is 0. The third-order valence-electron chi connectivity index (χ3n) is 4.98. The predicted octanol–water partition coefficient (Wildman–Crippen LogP) is 2.82. The van der Waals surface area contributed by atoms with Gasteiger partial charge in [-0.05, 0) is 26.2 Å². The third-order valence-corrected chi connectivity index (χ3v) is 4.98. The van der Waals surface area contributed by atoms with Gasteiger partial charge in [-0.25, -0.2) is 0 Å². The molecule has 2 fully saturated rings. The lowest BCUT2D eigenvalue weighted by Gasteiger charge is -2.35. The van der Waals surface area contributed by atoms with E-state index < -0.39 is 0 Å². The molecule has 0 aromatic heterocycles. The van der Waals surface area contributed by atoms with Gasteiger partial charge in [0.1, 0.15) is 0 Å². The van der Waals surface area contributed by atoms with E-state index in [4.69, 9.17) is 0 Å². The van der Waals surface area contributed by atoms with Gasteiger partial charge in [0.05, 0.1) is 5.92 Å². The van der Waals surface area contributed by atoms with E-state index in [0.717, 1.165) is 38.8 Å². The van der Waals surface area contributed by atoms with Crippen molar-refractivity contribution in [2.24, 2.45) is 5.92 Å². The van der Waals surface area contributed by atoms with E-state index in [1.54, 1.807) is 0 Å².